The fourth-order valence-corrected chi connectivity index (χ4v) is 2.50. The minimum absolute atomic E-state index is 0.109. The first kappa shape index (κ1) is 16.8. The second-order valence-electron chi connectivity index (χ2n) is 4.06. The van der Waals surface area contributed by atoms with Gasteiger partial charge in [0.1, 0.15) is 5.75 Å². The summed E-state index contributed by atoms with van der Waals surface area (Å²) in [4.78, 5) is 3.26. The van der Waals surface area contributed by atoms with Crippen LogP contribution in [0.1, 0.15) is 5.69 Å². The number of aromatic nitrogens is 1. The van der Waals surface area contributed by atoms with Crippen molar-refractivity contribution in [1.29, 1.82) is 0 Å². The lowest BCUT2D eigenvalue weighted by Gasteiger charge is -2.17. The van der Waals surface area contributed by atoms with Crippen molar-refractivity contribution >= 4 is 22.6 Å². The first-order valence-corrected chi connectivity index (χ1v) is 6.74. The van der Waals surface area contributed by atoms with Crippen LogP contribution in [0.3, 0.4) is 0 Å². The molecule has 1 aromatic carbocycles. The van der Waals surface area contributed by atoms with E-state index in [2.05, 4.69) is 9.72 Å². The molecule has 0 bridgehead atoms. The summed E-state index contributed by atoms with van der Waals surface area (Å²) in [6, 6.07) is 5.90. The van der Waals surface area contributed by atoms with E-state index < -0.39 is 29.5 Å². The van der Waals surface area contributed by atoms with Crippen LogP contribution in [0.2, 0.25) is 0 Å². The van der Waals surface area contributed by atoms with Gasteiger partial charge in [-0.15, -0.1) is 13.2 Å². The highest BCUT2D eigenvalue weighted by Crippen LogP contribution is 2.42. The fraction of sp³-hybridized carbons (Fsp3) is 0.154. The maximum absolute atomic E-state index is 13.1. The van der Waals surface area contributed by atoms with Crippen molar-refractivity contribution in [2.45, 2.75) is 12.5 Å². The molecule has 2 nitrogen and oxygen atoms in total. The standard InChI is InChI=1S/C13H6F6INO/c14-12(15,16)11-10(8(20)5-6-21-11)7-3-1-2-4-9(7)22-13(17,18)19/h1-6H. The Labute approximate surface area is 134 Å². The Bertz CT molecular complexity index is 683. The molecule has 0 saturated carbocycles. The number of halogens is 7. The average Bonchev–Trinajstić information content (AvgIpc) is 2.36. The highest BCUT2D eigenvalue weighted by atomic mass is 127. The largest absolute Gasteiger partial charge is 0.573 e. The molecule has 0 N–H and O–H groups in total. The predicted molar refractivity (Wildman–Crippen MR) is 74.1 cm³/mol. The predicted octanol–water partition coefficient (Wildman–Crippen LogP) is 5.27. The summed E-state index contributed by atoms with van der Waals surface area (Å²) >= 11 is 1.61. The van der Waals surface area contributed by atoms with Gasteiger partial charge < -0.3 is 4.74 Å². The van der Waals surface area contributed by atoms with Crippen molar-refractivity contribution in [1.82, 2.24) is 4.98 Å². The number of para-hydroxylation sites is 1. The van der Waals surface area contributed by atoms with Gasteiger partial charge in [-0.25, -0.2) is 0 Å². The molecule has 2 aromatic rings. The van der Waals surface area contributed by atoms with Gasteiger partial charge in [0.15, 0.2) is 5.69 Å². The van der Waals surface area contributed by atoms with Gasteiger partial charge in [-0.2, -0.15) is 13.2 Å². The minimum atomic E-state index is -5.01. The molecular formula is C13H6F6INO. The maximum atomic E-state index is 13.1. The Balaban J connectivity index is 2.68. The van der Waals surface area contributed by atoms with Gasteiger partial charge in [0.25, 0.3) is 0 Å². The SMILES string of the molecule is FC(F)(F)Oc1ccccc1-c1c(I)ccnc1C(F)(F)F. The summed E-state index contributed by atoms with van der Waals surface area (Å²) in [5.41, 5.74) is -2.04. The topological polar surface area (TPSA) is 22.1 Å². The van der Waals surface area contributed by atoms with E-state index in [0.29, 0.717) is 0 Å². The number of hydrogen-bond acceptors (Lipinski definition) is 2. The molecule has 0 aliphatic carbocycles. The van der Waals surface area contributed by atoms with E-state index in [1.165, 1.54) is 18.2 Å². The number of rotatable bonds is 2. The van der Waals surface area contributed by atoms with E-state index in [1.807, 2.05) is 0 Å². The normalized spacial score (nSPS) is 12.3. The number of pyridine rings is 1. The number of hydrogen-bond donors (Lipinski definition) is 0. The van der Waals surface area contributed by atoms with Crippen molar-refractivity contribution in [2.24, 2.45) is 0 Å². The van der Waals surface area contributed by atoms with Crippen LogP contribution in [0.4, 0.5) is 26.3 Å². The molecule has 0 spiro atoms. The molecule has 0 atom stereocenters. The second-order valence-corrected chi connectivity index (χ2v) is 5.22. The highest BCUT2D eigenvalue weighted by molar-refractivity contribution is 14.1. The molecule has 0 aliphatic rings. The van der Waals surface area contributed by atoms with Crippen LogP contribution >= 0.6 is 22.6 Å². The molecule has 22 heavy (non-hydrogen) atoms. The third kappa shape index (κ3) is 3.81. The summed E-state index contributed by atoms with van der Waals surface area (Å²) < 4.78 is 80.3. The van der Waals surface area contributed by atoms with Gasteiger partial charge in [0.2, 0.25) is 0 Å². The Kier molecular flexibility index (Phi) is 4.54. The quantitative estimate of drug-likeness (QED) is 0.476. The third-order valence-corrected chi connectivity index (χ3v) is 3.45. The van der Waals surface area contributed by atoms with Crippen molar-refractivity contribution in [3.63, 3.8) is 0 Å². The molecule has 2 rings (SSSR count). The summed E-state index contributed by atoms with van der Waals surface area (Å²) in [5, 5.41) is 0. The van der Waals surface area contributed by atoms with Gasteiger partial charge in [0.05, 0.1) is 0 Å². The average molecular weight is 433 g/mol. The zero-order valence-electron chi connectivity index (χ0n) is 10.5. The summed E-state index contributed by atoms with van der Waals surface area (Å²) in [5.74, 6) is -0.716. The zero-order valence-corrected chi connectivity index (χ0v) is 12.6. The van der Waals surface area contributed by atoms with E-state index in [1.54, 1.807) is 22.6 Å². The van der Waals surface area contributed by atoms with Crippen LogP contribution in [0.25, 0.3) is 11.1 Å². The first-order chi connectivity index (χ1) is 10.1. The van der Waals surface area contributed by atoms with Crippen LogP contribution in [0.15, 0.2) is 36.5 Å². The molecule has 9 heteroatoms. The number of benzene rings is 1. The number of ether oxygens (including phenoxy) is 1. The second kappa shape index (κ2) is 5.94. The molecule has 118 valence electrons. The number of nitrogens with zero attached hydrogens (tertiary/aromatic N) is 1. The summed E-state index contributed by atoms with van der Waals surface area (Å²) in [6.07, 6.45) is -8.87. The van der Waals surface area contributed by atoms with Gasteiger partial charge in [-0.3, -0.25) is 4.98 Å². The van der Waals surface area contributed by atoms with Gasteiger partial charge in [-0.05, 0) is 34.7 Å². The van der Waals surface area contributed by atoms with E-state index in [0.717, 1.165) is 18.3 Å². The van der Waals surface area contributed by atoms with Crippen molar-refractivity contribution in [3.8, 4) is 16.9 Å². The first-order valence-electron chi connectivity index (χ1n) is 5.66. The molecule has 0 amide bonds. The third-order valence-electron chi connectivity index (χ3n) is 2.55. The van der Waals surface area contributed by atoms with Crippen LogP contribution < -0.4 is 4.74 Å². The van der Waals surface area contributed by atoms with Crippen LogP contribution in [-0.4, -0.2) is 11.3 Å². The van der Waals surface area contributed by atoms with Crippen LogP contribution in [-0.2, 0) is 6.18 Å². The molecule has 0 saturated heterocycles. The molecule has 1 heterocycles. The van der Waals surface area contributed by atoms with E-state index in [4.69, 9.17) is 0 Å². The van der Waals surface area contributed by atoms with E-state index >= 15 is 0 Å². The number of alkyl halides is 6. The summed E-state index contributed by atoms with van der Waals surface area (Å²) in [6.45, 7) is 0. The Morgan fingerprint density at radius 2 is 1.59 bits per heavy atom. The fourth-order valence-electron chi connectivity index (χ4n) is 1.80. The Morgan fingerprint density at radius 1 is 0.955 bits per heavy atom. The lowest BCUT2D eigenvalue weighted by atomic mass is 10.0. The molecule has 0 fully saturated rings. The van der Waals surface area contributed by atoms with Gasteiger partial charge in [0, 0.05) is 20.9 Å². The molecular weight excluding hydrogens is 427 g/mol. The summed E-state index contributed by atoms with van der Waals surface area (Å²) in [7, 11) is 0. The van der Waals surface area contributed by atoms with Crippen molar-refractivity contribution in [2.75, 3.05) is 0 Å². The maximum Gasteiger partial charge on any atom is 0.573 e. The van der Waals surface area contributed by atoms with Crippen molar-refractivity contribution < 1.29 is 31.1 Å². The Hall–Kier alpha value is -1.52. The van der Waals surface area contributed by atoms with Crippen molar-refractivity contribution in [3.05, 3.63) is 45.8 Å². The lowest BCUT2D eigenvalue weighted by Crippen LogP contribution is -2.18. The monoisotopic (exact) mass is 433 g/mol. The van der Waals surface area contributed by atoms with Gasteiger partial charge in [-0.1, -0.05) is 18.2 Å². The van der Waals surface area contributed by atoms with Crippen LogP contribution in [0, 0.1) is 3.57 Å². The lowest BCUT2D eigenvalue weighted by molar-refractivity contribution is -0.274. The molecule has 0 aliphatic heterocycles. The van der Waals surface area contributed by atoms with Crippen LogP contribution in [0.5, 0.6) is 5.75 Å². The van der Waals surface area contributed by atoms with E-state index in [-0.39, 0.29) is 9.13 Å². The van der Waals surface area contributed by atoms with E-state index in [9.17, 15) is 26.3 Å². The smallest absolute Gasteiger partial charge is 0.405 e. The highest BCUT2D eigenvalue weighted by Gasteiger charge is 2.38. The minimum Gasteiger partial charge on any atom is -0.405 e. The molecule has 0 unspecified atom stereocenters. The molecule has 1 aromatic heterocycles. The molecule has 0 radical (unpaired) electrons. The zero-order chi connectivity index (χ0) is 16.5. The van der Waals surface area contributed by atoms with Gasteiger partial charge >= 0.3 is 12.5 Å². The Morgan fingerprint density at radius 3 is 2.18 bits per heavy atom.